The number of rotatable bonds is 34. The van der Waals surface area contributed by atoms with Gasteiger partial charge in [0, 0.05) is 58.8 Å². The number of ketones is 1. The number of likely N-dealkylation sites (N-methyl/N-ethyl adjacent to an activating group) is 1. The molecule has 0 bridgehead atoms. The van der Waals surface area contributed by atoms with Crippen LogP contribution in [0, 0.1) is 0 Å². The maximum Gasteiger partial charge on any atom is 0.472 e. The first kappa shape index (κ1) is 56.3. The average Bonchev–Trinajstić information content (AvgIpc) is 3.19. The molecule has 2 rings (SSSR count). The van der Waals surface area contributed by atoms with Crippen molar-refractivity contribution < 1.29 is 57.5 Å². The summed E-state index contributed by atoms with van der Waals surface area (Å²) in [7, 11) is 2.06. The van der Waals surface area contributed by atoms with Crippen LogP contribution >= 0.6 is 7.82 Å². The third-order valence-corrected chi connectivity index (χ3v) is 12.5. The van der Waals surface area contributed by atoms with Crippen LogP contribution in [0.5, 0.6) is 0 Å². The Kier molecular flexibility index (Phi) is 29.3. The van der Waals surface area contributed by atoms with E-state index in [1.165, 1.54) is 82.6 Å². The molecule has 1 aliphatic rings. The number of aliphatic carboxylic acids is 3. The van der Waals surface area contributed by atoms with Gasteiger partial charge in [-0.05, 0) is 30.4 Å². The molecule has 1 aromatic carbocycles. The highest BCUT2D eigenvalue weighted by Gasteiger charge is 2.23. The molecule has 17 heteroatoms. The Balaban J connectivity index is 1.56. The van der Waals surface area contributed by atoms with E-state index in [0.29, 0.717) is 63.4 Å². The second-order valence-electron chi connectivity index (χ2n) is 18.4. The van der Waals surface area contributed by atoms with Gasteiger partial charge in [0.25, 0.3) is 0 Å². The van der Waals surface area contributed by atoms with Crippen molar-refractivity contribution in [1.82, 2.24) is 19.6 Å². The molecule has 16 nitrogen and oxygen atoms in total. The lowest BCUT2D eigenvalue weighted by molar-refractivity contribution is -0.870. The van der Waals surface area contributed by atoms with Crippen LogP contribution in [-0.4, -0.2) is 187 Å². The molecule has 0 saturated carbocycles. The number of benzene rings is 1. The molecule has 1 unspecified atom stereocenters. The summed E-state index contributed by atoms with van der Waals surface area (Å²) >= 11 is 0. The largest absolute Gasteiger partial charge is 0.480 e. The van der Waals surface area contributed by atoms with Crippen LogP contribution in [0.4, 0.5) is 0 Å². The van der Waals surface area contributed by atoms with E-state index in [2.05, 4.69) is 12.1 Å². The van der Waals surface area contributed by atoms with Crippen molar-refractivity contribution in [3.05, 3.63) is 35.4 Å². The lowest BCUT2D eigenvalue weighted by Gasteiger charge is -2.32. The van der Waals surface area contributed by atoms with Gasteiger partial charge in [0.1, 0.15) is 13.2 Å². The number of carboxylic acids is 3. The fourth-order valence-electron chi connectivity index (χ4n) is 7.69. The summed E-state index contributed by atoms with van der Waals surface area (Å²) in [6, 6.07) is 8.28. The number of phosphoric ester groups is 1. The summed E-state index contributed by atoms with van der Waals surface area (Å²) < 4.78 is 22.7. The molecular weight excluding hydrogens is 830 g/mol. The first-order valence-corrected chi connectivity index (χ1v) is 25.1. The number of quaternary nitrogens is 1. The number of phosphoric acid groups is 1. The minimum atomic E-state index is -3.94. The SMILES string of the molecule is C[N+](C)(C)CCOP(=O)(O)OCCCCCCCCCCCCCCCCCCc1ccc(CC(=O)CN2CCN(CC(=O)O)CCN(CC(=O)O)CCN(CC(=O)O)CC2)cc1. The molecular formula is C46H83N5O11P+. The molecule has 1 aliphatic heterocycles. The lowest BCUT2D eigenvalue weighted by atomic mass is 10.0. The molecule has 0 amide bonds. The average molecular weight is 913 g/mol. The van der Waals surface area contributed by atoms with E-state index < -0.39 is 25.7 Å². The highest BCUT2D eigenvalue weighted by atomic mass is 31.2. The van der Waals surface area contributed by atoms with Crippen LogP contribution in [0.2, 0.25) is 0 Å². The molecule has 4 N–H and O–H groups in total. The second kappa shape index (κ2) is 32.8. The fraction of sp³-hybridized carbons (Fsp3) is 0.783. The van der Waals surface area contributed by atoms with E-state index >= 15 is 0 Å². The van der Waals surface area contributed by atoms with Crippen molar-refractivity contribution in [2.75, 3.05) is 119 Å². The van der Waals surface area contributed by atoms with Crippen LogP contribution in [-0.2, 0) is 45.6 Å². The van der Waals surface area contributed by atoms with Gasteiger partial charge >= 0.3 is 25.7 Å². The zero-order chi connectivity index (χ0) is 46.4. The molecule has 0 spiro atoms. The molecule has 1 heterocycles. The number of carbonyl (C=O) groups is 4. The van der Waals surface area contributed by atoms with Gasteiger partial charge in [-0.1, -0.05) is 114 Å². The lowest BCUT2D eigenvalue weighted by Crippen LogP contribution is -2.49. The zero-order valence-corrected chi connectivity index (χ0v) is 39.9. The molecule has 63 heavy (non-hydrogen) atoms. The van der Waals surface area contributed by atoms with Crippen molar-refractivity contribution in [2.24, 2.45) is 0 Å². The first-order valence-electron chi connectivity index (χ1n) is 23.6. The van der Waals surface area contributed by atoms with Crippen molar-refractivity contribution >= 4 is 31.5 Å². The van der Waals surface area contributed by atoms with Crippen molar-refractivity contribution in [2.45, 2.75) is 116 Å². The van der Waals surface area contributed by atoms with Crippen LogP contribution < -0.4 is 0 Å². The maximum atomic E-state index is 13.3. The monoisotopic (exact) mass is 913 g/mol. The van der Waals surface area contributed by atoms with Crippen molar-refractivity contribution in [3.8, 4) is 0 Å². The van der Waals surface area contributed by atoms with Crippen molar-refractivity contribution in [3.63, 3.8) is 0 Å². The van der Waals surface area contributed by atoms with E-state index in [9.17, 15) is 44.0 Å². The summed E-state index contributed by atoms with van der Waals surface area (Å²) in [6.45, 7) is 3.62. The molecule has 362 valence electrons. The predicted molar refractivity (Wildman–Crippen MR) is 246 cm³/mol. The van der Waals surface area contributed by atoms with Crippen LogP contribution in [0.3, 0.4) is 0 Å². The minimum absolute atomic E-state index is 0.0384. The Hall–Kier alpha value is -2.79. The number of hydrogen-bond donors (Lipinski definition) is 4. The van der Waals surface area contributed by atoms with Crippen molar-refractivity contribution in [1.29, 1.82) is 0 Å². The normalized spacial score (nSPS) is 16.6. The summed E-state index contributed by atoms with van der Waals surface area (Å²) in [6.07, 6.45) is 20.7. The van der Waals surface area contributed by atoms with Gasteiger partial charge in [-0.3, -0.25) is 47.8 Å². The molecule has 0 aromatic heterocycles. The number of unbranched alkanes of at least 4 members (excludes halogenated alkanes) is 15. The quantitative estimate of drug-likeness (QED) is 0.0362. The topological polar surface area (TPSA) is 198 Å². The molecule has 0 aliphatic carbocycles. The molecule has 1 fully saturated rings. The van der Waals surface area contributed by atoms with Gasteiger partial charge in [0.2, 0.25) is 0 Å². The third-order valence-electron chi connectivity index (χ3n) is 11.5. The maximum absolute atomic E-state index is 13.3. The number of carbonyl (C=O) groups excluding carboxylic acids is 1. The molecule has 0 radical (unpaired) electrons. The summed E-state index contributed by atoms with van der Waals surface area (Å²) in [5.41, 5.74) is 2.22. The second-order valence-corrected chi connectivity index (χ2v) is 19.8. The number of nitrogens with zero attached hydrogens (tertiary/aromatic N) is 5. The van der Waals surface area contributed by atoms with Crippen LogP contribution in [0.25, 0.3) is 0 Å². The fourth-order valence-corrected chi connectivity index (χ4v) is 8.44. The van der Waals surface area contributed by atoms with Gasteiger partial charge in [-0.25, -0.2) is 4.57 Å². The van der Waals surface area contributed by atoms with E-state index in [1.807, 2.05) is 38.2 Å². The third kappa shape index (κ3) is 31.7. The molecule has 1 saturated heterocycles. The van der Waals surface area contributed by atoms with Gasteiger partial charge in [0.05, 0.1) is 53.9 Å². The summed E-state index contributed by atoms with van der Waals surface area (Å²) in [5.74, 6) is -2.92. The summed E-state index contributed by atoms with van der Waals surface area (Å²) in [4.78, 5) is 64.8. The van der Waals surface area contributed by atoms with E-state index in [4.69, 9.17) is 9.05 Å². The highest BCUT2D eigenvalue weighted by molar-refractivity contribution is 7.47. The highest BCUT2D eigenvalue weighted by Crippen LogP contribution is 2.43. The smallest absolute Gasteiger partial charge is 0.472 e. The van der Waals surface area contributed by atoms with E-state index in [1.54, 1.807) is 14.7 Å². The number of Topliss-reactive ketones (excluding diaryl/α,β-unsaturated/α-hetero) is 1. The van der Waals surface area contributed by atoms with Gasteiger partial charge in [0.15, 0.2) is 5.78 Å². The Bertz CT molecular complexity index is 1450. The summed E-state index contributed by atoms with van der Waals surface area (Å²) in [5, 5.41) is 28.3. The number of aryl methyl sites for hydroxylation is 1. The zero-order valence-electron chi connectivity index (χ0n) is 39.0. The predicted octanol–water partition coefficient (Wildman–Crippen LogP) is 5.90. The number of carboxylic acid groups (broad SMARTS) is 3. The Morgan fingerprint density at radius 1 is 0.508 bits per heavy atom. The Morgan fingerprint density at radius 2 is 0.825 bits per heavy atom. The van der Waals surface area contributed by atoms with Crippen LogP contribution in [0.15, 0.2) is 24.3 Å². The van der Waals surface area contributed by atoms with E-state index in [-0.39, 0.29) is 51.6 Å². The molecule has 1 atom stereocenters. The van der Waals surface area contributed by atoms with Gasteiger partial charge in [-0.15, -0.1) is 0 Å². The Labute approximate surface area is 378 Å². The van der Waals surface area contributed by atoms with Gasteiger partial charge < -0.3 is 24.7 Å². The van der Waals surface area contributed by atoms with Crippen LogP contribution in [0.1, 0.15) is 114 Å². The standard InChI is InChI=1S/C46H82N5O11P/c1-51(2,3)33-35-62-63(59,60)61-34-19-17-15-13-11-9-7-5-4-6-8-10-12-14-16-18-20-41-21-23-42(24-22-41)36-43(52)37-47-25-27-48(38-44(53)54)29-31-50(40-46(57)58)32-30-49(28-26-47)39-45(55)56/h21-24H,4-20,25-40H2,1-3H3,(H3-,53,54,55,56,57,58,59,60)/p+1. The van der Waals surface area contributed by atoms with E-state index in [0.717, 1.165) is 37.7 Å². The molecule has 1 aromatic rings. The minimum Gasteiger partial charge on any atom is -0.480 e. The Morgan fingerprint density at radius 3 is 1.19 bits per heavy atom. The first-order chi connectivity index (χ1) is 30.0. The van der Waals surface area contributed by atoms with Gasteiger partial charge in [-0.2, -0.15) is 0 Å². The number of hydrogen-bond acceptors (Lipinski definition) is 11.